The molecule has 0 radical (unpaired) electrons. The maximum atomic E-state index is 5.20. The zero-order chi connectivity index (χ0) is 35.2. The van der Waals surface area contributed by atoms with Crippen LogP contribution in [0.4, 0.5) is 0 Å². The van der Waals surface area contributed by atoms with Crippen molar-refractivity contribution in [2.24, 2.45) is 0 Å². The Balaban J connectivity index is 1.19. The van der Waals surface area contributed by atoms with Gasteiger partial charge in [0.15, 0.2) is 5.82 Å². The van der Waals surface area contributed by atoms with Crippen molar-refractivity contribution in [2.45, 2.75) is 5.41 Å². The molecular formula is C51H34N2. The van der Waals surface area contributed by atoms with Crippen molar-refractivity contribution >= 4 is 10.8 Å². The molecule has 10 rings (SSSR count). The Morgan fingerprint density at radius 3 is 1.36 bits per heavy atom. The second-order valence-electron chi connectivity index (χ2n) is 13.7. The Hall–Kier alpha value is -6.90. The van der Waals surface area contributed by atoms with Gasteiger partial charge >= 0.3 is 0 Å². The summed E-state index contributed by atoms with van der Waals surface area (Å²) in [5, 5.41) is 2.29. The molecular weight excluding hydrogens is 641 g/mol. The maximum absolute atomic E-state index is 5.20. The van der Waals surface area contributed by atoms with Crippen LogP contribution in [0.25, 0.3) is 66.9 Å². The molecule has 9 aromatic rings. The van der Waals surface area contributed by atoms with Gasteiger partial charge in [-0.25, -0.2) is 9.97 Å². The molecule has 0 spiro atoms. The molecule has 0 aliphatic heterocycles. The highest BCUT2D eigenvalue weighted by molar-refractivity contribution is 6.05. The van der Waals surface area contributed by atoms with Gasteiger partial charge in [-0.05, 0) is 73.5 Å². The molecule has 0 fully saturated rings. The summed E-state index contributed by atoms with van der Waals surface area (Å²) in [5.41, 5.74) is 14.5. The zero-order valence-electron chi connectivity index (χ0n) is 29.0. The first-order valence-corrected chi connectivity index (χ1v) is 18.2. The monoisotopic (exact) mass is 674 g/mol. The summed E-state index contributed by atoms with van der Waals surface area (Å²) >= 11 is 0. The Labute approximate surface area is 309 Å². The highest BCUT2D eigenvalue weighted by atomic mass is 14.9. The molecule has 0 saturated heterocycles. The van der Waals surface area contributed by atoms with Crippen LogP contribution in [0.1, 0.15) is 22.3 Å². The summed E-state index contributed by atoms with van der Waals surface area (Å²) in [7, 11) is 0. The fourth-order valence-electron chi connectivity index (χ4n) is 8.44. The Morgan fingerprint density at radius 2 is 0.755 bits per heavy atom. The van der Waals surface area contributed by atoms with Gasteiger partial charge in [0.05, 0.1) is 16.8 Å². The van der Waals surface area contributed by atoms with Gasteiger partial charge in [0, 0.05) is 16.7 Å². The molecule has 248 valence electrons. The van der Waals surface area contributed by atoms with Crippen LogP contribution < -0.4 is 0 Å². The third-order valence-corrected chi connectivity index (χ3v) is 10.8. The van der Waals surface area contributed by atoms with E-state index in [9.17, 15) is 0 Å². The first kappa shape index (κ1) is 30.9. The Bertz CT molecular complexity index is 2660. The van der Waals surface area contributed by atoms with Gasteiger partial charge in [0.1, 0.15) is 0 Å². The minimum absolute atomic E-state index is 0.459. The van der Waals surface area contributed by atoms with Crippen LogP contribution in [0.5, 0.6) is 0 Å². The molecule has 0 atom stereocenters. The van der Waals surface area contributed by atoms with E-state index >= 15 is 0 Å². The van der Waals surface area contributed by atoms with Gasteiger partial charge in [-0.15, -0.1) is 0 Å². The first-order chi connectivity index (χ1) is 26.3. The summed E-state index contributed by atoms with van der Waals surface area (Å²) in [6.07, 6.45) is 0. The summed E-state index contributed by atoms with van der Waals surface area (Å²) in [6, 6.07) is 74.0. The predicted molar refractivity (Wildman–Crippen MR) is 219 cm³/mol. The molecule has 1 aromatic heterocycles. The van der Waals surface area contributed by atoms with Crippen LogP contribution in [-0.2, 0) is 5.41 Å². The molecule has 53 heavy (non-hydrogen) atoms. The van der Waals surface area contributed by atoms with Crippen molar-refractivity contribution < 1.29 is 0 Å². The number of hydrogen-bond acceptors (Lipinski definition) is 2. The average Bonchev–Trinajstić information content (AvgIpc) is 3.55. The zero-order valence-corrected chi connectivity index (χ0v) is 29.0. The molecule has 0 saturated carbocycles. The van der Waals surface area contributed by atoms with Crippen molar-refractivity contribution in [2.75, 3.05) is 0 Å². The van der Waals surface area contributed by atoms with Crippen LogP contribution >= 0.6 is 0 Å². The lowest BCUT2D eigenvalue weighted by atomic mass is 9.67. The van der Waals surface area contributed by atoms with Gasteiger partial charge in [-0.1, -0.05) is 188 Å². The van der Waals surface area contributed by atoms with Gasteiger partial charge < -0.3 is 0 Å². The third kappa shape index (κ3) is 5.03. The van der Waals surface area contributed by atoms with Gasteiger partial charge in [-0.2, -0.15) is 0 Å². The highest BCUT2D eigenvalue weighted by Crippen LogP contribution is 2.56. The fraction of sp³-hybridized carbons (Fsp3) is 0.0196. The maximum Gasteiger partial charge on any atom is 0.161 e. The topological polar surface area (TPSA) is 25.8 Å². The van der Waals surface area contributed by atoms with E-state index in [0.717, 1.165) is 33.5 Å². The average molecular weight is 675 g/mol. The third-order valence-electron chi connectivity index (χ3n) is 10.8. The largest absolute Gasteiger partial charge is 0.228 e. The summed E-state index contributed by atoms with van der Waals surface area (Å²) in [5.74, 6) is 0.713. The fourth-order valence-corrected chi connectivity index (χ4v) is 8.44. The molecule has 0 unspecified atom stereocenters. The van der Waals surface area contributed by atoms with E-state index < -0.39 is 5.41 Å². The number of fused-ring (bicyclic) bond motifs is 4. The first-order valence-electron chi connectivity index (χ1n) is 18.2. The van der Waals surface area contributed by atoms with E-state index in [0.29, 0.717) is 5.82 Å². The second-order valence-corrected chi connectivity index (χ2v) is 13.7. The standard InChI is InChI=1S/C51H34N2/c1-5-17-35(18-6-1)48-34-49(36-19-7-2-8-20-36)53-50(52-48)45-32-31-40(41-25-13-14-26-42(41)45)37-29-30-44-43-27-15-16-28-46(43)51(47(44)33-37,38-21-9-3-10-22-38)39-23-11-4-12-24-39/h1-34H. The molecule has 0 bridgehead atoms. The quantitative estimate of drug-likeness (QED) is 0.175. The molecule has 1 heterocycles. The van der Waals surface area contributed by atoms with E-state index in [1.54, 1.807) is 0 Å². The number of rotatable bonds is 6. The molecule has 2 heteroatoms. The predicted octanol–water partition coefficient (Wildman–Crippen LogP) is 12.7. The second kappa shape index (κ2) is 12.7. The molecule has 0 amide bonds. The number of aromatic nitrogens is 2. The van der Waals surface area contributed by atoms with Crippen LogP contribution in [0, 0.1) is 0 Å². The SMILES string of the molecule is c1ccc(-c2cc(-c3ccccc3)nc(-c3ccc(-c4ccc5c(c4)C(c4ccccc4)(c4ccccc4)c4ccccc4-5)c4ccccc34)n2)cc1. The van der Waals surface area contributed by atoms with Crippen LogP contribution in [0.3, 0.4) is 0 Å². The van der Waals surface area contributed by atoms with Gasteiger partial charge in [0.25, 0.3) is 0 Å². The van der Waals surface area contributed by atoms with E-state index in [1.165, 1.54) is 49.9 Å². The van der Waals surface area contributed by atoms with Crippen molar-refractivity contribution in [1.29, 1.82) is 0 Å². The van der Waals surface area contributed by atoms with E-state index in [2.05, 4.69) is 194 Å². The van der Waals surface area contributed by atoms with Crippen molar-refractivity contribution in [3.63, 3.8) is 0 Å². The normalized spacial score (nSPS) is 12.7. The number of benzene rings is 8. The van der Waals surface area contributed by atoms with Crippen LogP contribution in [-0.4, -0.2) is 9.97 Å². The lowest BCUT2D eigenvalue weighted by molar-refractivity contribution is 0.769. The summed E-state index contributed by atoms with van der Waals surface area (Å²) in [6.45, 7) is 0. The van der Waals surface area contributed by atoms with Crippen LogP contribution in [0.15, 0.2) is 206 Å². The minimum atomic E-state index is -0.459. The van der Waals surface area contributed by atoms with E-state index in [1.807, 2.05) is 12.1 Å². The van der Waals surface area contributed by atoms with Crippen molar-refractivity contribution in [3.8, 4) is 56.2 Å². The van der Waals surface area contributed by atoms with Crippen molar-refractivity contribution in [1.82, 2.24) is 9.97 Å². The van der Waals surface area contributed by atoms with Crippen molar-refractivity contribution in [3.05, 3.63) is 229 Å². The van der Waals surface area contributed by atoms with Crippen LogP contribution in [0.2, 0.25) is 0 Å². The Morgan fingerprint density at radius 1 is 0.302 bits per heavy atom. The minimum Gasteiger partial charge on any atom is -0.228 e. The summed E-state index contributed by atoms with van der Waals surface area (Å²) in [4.78, 5) is 10.4. The number of nitrogens with zero attached hydrogens (tertiary/aromatic N) is 2. The molecule has 1 aliphatic rings. The van der Waals surface area contributed by atoms with Gasteiger partial charge in [-0.3, -0.25) is 0 Å². The van der Waals surface area contributed by atoms with E-state index in [-0.39, 0.29) is 0 Å². The van der Waals surface area contributed by atoms with E-state index in [4.69, 9.17) is 9.97 Å². The Kier molecular flexibility index (Phi) is 7.40. The molecule has 0 N–H and O–H groups in total. The summed E-state index contributed by atoms with van der Waals surface area (Å²) < 4.78 is 0. The van der Waals surface area contributed by atoms with Gasteiger partial charge in [0.2, 0.25) is 0 Å². The highest BCUT2D eigenvalue weighted by Gasteiger charge is 2.46. The molecule has 2 nitrogen and oxygen atoms in total. The lowest BCUT2D eigenvalue weighted by Crippen LogP contribution is -2.28. The smallest absolute Gasteiger partial charge is 0.161 e. The lowest BCUT2D eigenvalue weighted by Gasteiger charge is -2.34. The number of hydrogen-bond donors (Lipinski definition) is 0. The molecule has 8 aromatic carbocycles. The molecule has 1 aliphatic carbocycles.